The van der Waals surface area contributed by atoms with Crippen LogP contribution in [0.3, 0.4) is 0 Å². The molecule has 0 radical (unpaired) electrons. The van der Waals surface area contributed by atoms with E-state index in [-0.39, 0.29) is 12.1 Å². The smallest absolute Gasteiger partial charge is 0.0914 e. The van der Waals surface area contributed by atoms with E-state index in [9.17, 15) is 5.11 Å². The van der Waals surface area contributed by atoms with E-state index in [1.54, 1.807) is 22.7 Å². The average molecular weight is 359 g/mol. The summed E-state index contributed by atoms with van der Waals surface area (Å²) >= 11 is 3.40. The number of benzene rings is 1. The topological polar surface area (TPSA) is 45.2 Å². The molecule has 0 aliphatic rings. The maximum atomic E-state index is 10.2. The van der Waals surface area contributed by atoms with E-state index in [0.717, 1.165) is 16.3 Å². The van der Waals surface area contributed by atoms with E-state index < -0.39 is 0 Å². The molecule has 2 unspecified atom stereocenters. The van der Waals surface area contributed by atoms with E-state index in [0.29, 0.717) is 13.0 Å². The predicted molar refractivity (Wildman–Crippen MR) is 103 cm³/mol. The van der Waals surface area contributed by atoms with Gasteiger partial charge in [0.2, 0.25) is 0 Å². The molecular formula is C19H22N2OS2. The lowest BCUT2D eigenvalue weighted by molar-refractivity contribution is 0.168. The highest BCUT2D eigenvalue weighted by Gasteiger charge is 2.13. The van der Waals surface area contributed by atoms with Crippen LogP contribution in [-0.4, -0.2) is 22.7 Å². The molecule has 2 heterocycles. The quantitative estimate of drug-likeness (QED) is 0.656. The molecular weight excluding hydrogens is 336 g/mol. The standard InChI is InChI=1S/C19H22N2OS2/c1-13(20-10-17(22)8-15-6-4-3-5-7-15)16-9-19(24-11-16)18-12-23-14(2)21-18/h3-7,9,11-13,17,20,22H,8,10H2,1-2H3. The van der Waals surface area contributed by atoms with Gasteiger partial charge in [-0.25, -0.2) is 4.98 Å². The molecule has 3 rings (SSSR count). The highest BCUT2D eigenvalue weighted by Crippen LogP contribution is 2.30. The number of thiophene rings is 1. The third-order valence-electron chi connectivity index (χ3n) is 3.97. The number of hydrogen-bond donors (Lipinski definition) is 2. The molecule has 3 aromatic rings. The first kappa shape index (κ1) is 17.3. The molecule has 0 spiro atoms. The predicted octanol–water partition coefficient (Wildman–Crippen LogP) is 4.43. The van der Waals surface area contributed by atoms with Crippen molar-refractivity contribution < 1.29 is 5.11 Å². The van der Waals surface area contributed by atoms with Crippen molar-refractivity contribution in [1.29, 1.82) is 0 Å². The minimum Gasteiger partial charge on any atom is -0.391 e. The van der Waals surface area contributed by atoms with Crippen LogP contribution in [0.5, 0.6) is 0 Å². The molecule has 0 bridgehead atoms. The molecule has 126 valence electrons. The van der Waals surface area contributed by atoms with Crippen molar-refractivity contribution in [2.24, 2.45) is 0 Å². The minimum atomic E-state index is -0.380. The number of aromatic nitrogens is 1. The summed E-state index contributed by atoms with van der Waals surface area (Å²) in [5.41, 5.74) is 3.47. The zero-order valence-corrected chi connectivity index (χ0v) is 15.5. The van der Waals surface area contributed by atoms with Gasteiger partial charge >= 0.3 is 0 Å². The lowest BCUT2D eigenvalue weighted by Crippen LogP contribution is -2.30. The Morgan fingerprint density at radius 3 is 2.67 bits per heavy atom. The van der Waals surface area contributed by atoms with Crippen molar-refractivity contribution in [1.82, 2.24) is 10.3 Å². The fourth-order valence-electron chi connectivity index (χ4n) is 2.58. The Morgan fingerprint density at radius 1 is 1.17 bits per heavy atom. The number of thiazole rings is 1. The summed E-state index contributed by atoms with van der Waals surface area (Å²) in [5, 5.41) is 19.0. The highest BCUT2D eigenvalue weighted by atomic mass is 32.1. The van der Waals surface area contributed by atoms with Gasteiger partial charge in [0.15, 0.2) is 0 Å². The van der Waals surface area contributed by atoms with Crippen LogP contribution in [0.2, 0.25) is 0 Å². The van der Waals surface area contributed by atoms with Gasteiger partial charge < -0.3 is 10.4 Å². The average Bonchev–Trinajstić information content (AvgIpc) is 3.22. The molecule has 24 heavy (non-hydrogen) atoms. The van der Waals surface area contributed by atoms with Crippen LogP contribution in [-0.2, 0) is 6.42 Å². The van der Waals surface area contributed by atoms with Crippen molar-refractivity contribution in [2.45, 2.75) is 32.4 Å². The number of nitrogens with zero attached hydrogens (tertiary/aromatic N) is 1. The fraction of sp³-hybridized carbons (Fsp3) is 0.316. The molecule has 0 saturated carbocycles. The van der Waals surface area contributed by atoms with Crippen molar-refractivity contribution in [3.8, 4) is 10.6 Å². The summed E-state index contributed by atoms with van der Waals surface area (Å²) in [7, 11) is 0. The Hall–Kier alpha value is -1.53. The molecule has 0 aliphatic carbocycles. The van der Waals surface area contributed by atoms with Gasteiger partial charge in [0.05, 0.1) is 21.7 Å². The molecule has 2 aromatic heterocycles. The molecule has 3 nitrogen and oxygen atoms in total. The van der Waals surface area contributed by atoms with Gasteiger partial charge in [-0.3, -0.25) is 0 Å². The summed E-state index contributed by atoms with van der Waals surface area (Å²) in [6.07, 6.45) is 0.294. The van der Waals surface area contributed by atoms with Crippen LogP contribution >= 0.6 is 22.7 Å². The van der Waals surface area contributed by atoms with Gasteiger partial charge in [0.25, 0.3) is 0 Å². The van der Waals surface area contributed by atoms with Gasteiger partial charge in [-0.2, -0.15) is 0 Å². The molecule has 1 aromatic carbocycles. The first-order chi connectivity index (χ1) is 11.6. The maximum absolute atomic E-state index is 10.2. The summed E-state index contributed by atoms with van der Waals surface area (Å²) in [5.74, 6) is 0. The summed E-state index contributed by atoms with van der Waals surface area (Å²) in [4.78, 5) is 5.74. The second-order valence-corrected chi connectivity index (χ2v) is 7.94. The number of rotatable bonds is 7. The van der Waals surface area contributed by atoms with E-state index in [4.69, 9.17) is 0 Å². The number of nitrogens with one attached hydrogen (secondary N) is 1. The van der Waals surface area contributed by atoms with Crippen LogP contribution in [0, 0.1) is 6.92 Å². The molecule has 2 N–H and O–H groups in total. The lowest BCUT2D eigenvalue weighted by Gasteiger charge is -2.16. The van der Waals surface area contributed by atoms with E-state index in [1.807, 2.05) is 37.3 Å². The largest absolute Gasteiger partial charge is 0.391 e. The fourth-order valence-corrected chi connectivity index (χ4v) is 4.23. The first-order valence-electron chi connectivity index (χ1n) is 8.08. The van der Waals surface area contributed by atoms with Crippen molar-refractivity contribution in [2.75, 3.05) is 6.54 Å². The molecule has 5 heteroatoms. The van der Waals surface area contributed by atoms with E-state index in [2.05, 4.69) is 34.1 Å². The Morgan fingerprint density at radius 2 is 1.96 bits per heavy atom. The van der Waals surface area contributed by atoms with Crippen LogP contribution in [0.25, 0.3) is 10.6 Å². The number of hydrogen-bond acceptors (Lipinski definition) is 5. The zero-order chi connectivity index (χ0) is 16.9. The maximum Gasteiger partial charge on any atom is 0.0914 e. The first-order valence-corrected chi connectivity index (χ1v) is 9.84. The second kappa shape index (κ2) is 8.03. The van der Waals surface area contributed by atoms with Gasteiger partial charge in [0, 0.05) is 18.0 Å². The van der Waals surface area contributed by atoms with Crippen LogP contribution < -0.4 is 5.32 Å². The van der Waals surface area contributed by atoms with Gasteiger partial charge in [-0.05, 0) is 42.8 Å². The minimum absolute atomic E-state index is 0.208. The van der Waals surface area contributed by atoms with Crippen molar-refractivity contribution in [3.63, 3.8) is 0 Å². The van der Waals surface area contributed by atoms with Crippen molar-refractivity contribution >= 4 is 22.7 Å². The second-order valence-electron chi connectivity index (χ2n) is 5.97. The van der Waals surface area contributed by atoms with Gasteiger partial charge in [-0.15, -0.1) is 22.7 Å². The normalized spacial score (nSPS) is 13.8. The molecule has 2 atom stereocenters. The number of aliphatic hydroxyl groups excluding tert-OH is 1. The SMILES string of the molecule is Cc1nc(-c2cc(C(C)NCC(O)Cc3ccccc3)cs2)cs1. The molecule has 0 aliphatic heterocycles. The van der Waals surface area contributed by atoms with E-state index in [1.165, 1.54) is 10.4 Å². The van der Waals surface area contributed by atoms with E-state index >= 15 is 0 Å². The monoisotopic (exact) mass is 358 g/mol. The summed E-state index contributed by atoms with van der Waals surface area (Å²) in [6.45, 7) is 4.74. The summed E-state index contributed by atoms with van der Waals surface area (Å²) < 4.78 is 0. The van der Waals surface area contributed by atoms with Crippen LogP contribution in [0.1, 0.15) is 29.1 Å². The number of aryl methyl sites for hydroxylation is 1. The third kappa shape index (κ3) is 4.51. The van der Waals surface area contributed by atoms with Crippen molar-refractivity contribution in [3.05, 3.63) is 63.3 Å². The lowest BCUT2D eigenvalue weighted by atomic mass is 10.1. The Kier molecular flexibility index (Phi) is 5.79. The van der Waals surface area contributed by atoms with Gasteiger partial charge in [0.1, 0.15) is 0 Å². The molecule has 0 fully saturated rings. The third-order valence-corrected chi connectivity index (χ3v) is 5.71. The van der Waals surface area contributed by atoms with Crippen LogP contribution in [0.4, 0.5) is 0 Å². The van der Waals surface area contributed by atoms with Crippen LogP contribution in [0.15, 0.2) is 47.2 Å². The Bertz CT molecular complexity index is 767. The molecule has 0 amide bonds. The summed E-state index contributed by atoms with van der Waals surface area (Å²) in [6, 6.07) is 12.5. The van der Waals surface area contributed by atoms with Gasteiger partial charge in [-0.1, -0.05) is 30.3 Å². The Labute approximate surface area is 151 Å². The molecule has 0 saturated heterocycles. The zero-order valence-electron chi connectivity index (χ0n) is 13.9. The number of aliphatic hydroxyl groups is 1. The Balaban J connectivity index is 1.53. The highest BCUT2D eigenvalue weighted by molar-refractivity contribution is 7.14.